The van der Waals surface area contributed by atoms with Crippen LogP contribution in [0.3, 0.4) is 0 Å². The van der Waals surface area contributed by atoms with Gasteiger partial charge in [0.2, 0.25) is 0 Å². The quantitative estimate of drug-likeness (QED) is 0.782. The van der Waals surface area contributed by atoms with Crippen molar-refractivity contribution in [1.29, 1.82) is 0 Å². The molecular weight excluding hydrogens is 258 g/mol. The normalized spacial score (nSPS) is 17.4. The van der Waals surface area contributed by atoms with Gasteiger partial charge in [0.1, 0.15) is 5.76 Å². The Morgan fingerprint density at radius 2 is 1.57 bits per heavy atom. The lowest BCUT2D eigenvalue weighted by atomic mass is 9.91. The minimum atomic E-state index is 0.192. The van der Waals surface area contributed by atoms with Gasteiger partial charge in [-0.1, -0.05) is 46.4 Å². The van der Waals surface area contributed by atoms with E-state index in [9.17, 15) is 5.11 Å². The van der Waals surface area contributed by atoms with E-state index in [-0.39, 0.29) is 5.76 Å². The molecule has 0 spiro atoms. The molecule has 21 heavy (non-hydrogen) atoms. The van der Waals surface area contributed by atoms with Crippen molar-refractivity contribution in [1.82, 2.24) is 0 Å². The number of nitrogens with zero attached hydrogens (tertiary/aromatic N) is 1. The summed E-state index contributed by atoms with van der Waals surface area (Å²) in [6, 6.07) is 8.26. The molecule has 0 heterocycles. The molecule has 0 saturated carbocycles. The number of hydrogen-bond acceptors (Lipinski definition) is 2. The van der Waals surface area contributed by atoms with Gasteiger partial charge in [0, 0.05) is 11.6 Å². The Balaban J connectivity index is 2.38. The molecule has 0 radical (unpaired) electrons. The molecular formula is C19H23NO. The molecule has 0 aliphatic heterocycles. The molecule has 2 nitrogen and oxygen atoms in total. The Morgan fingerprint density at radius 1 is 0.952 bits per heavy atom. The largest absolute Gasteiger partial charge is 0.507 e. The van der Waals surface area contributed by atoms with Crippen molar-refractivity contribution >= 4 is 11.4 Å². The van der Waals surface area contributed by atoms with Crippen molar-refractivity contribution < 1.29 is 5.11 Å². The lowest BCUT2D eigenvalue weighted by molar-refractivity contribution is 0.426. The molecule has 0 unspecified atom stereocenters. The molecule has 2 heteroatoms. The molecule has 0 amide bonds. The SMILES string of the molecule is C=C1C=C(C(C)C)/C(=N/c2ccc(C(C)C)cc2)C=C1O. The van der Waals surface area contributed by atoms with Crippen LogP contribution in [0, 0.1) is 5.92 Å². The fourth-order valence-corrected chi connectivity index (χ4v) is 2.27. The minimum absolute atomic E-state index is 0.192. The third-order valence-corrected chi connectivity index (χ3v) is 3.66. The molecule has 1 aromatic rings. The predicted octanol–water partition coefficient (Wildman–Crippen LogP) is 5.48. The minimum Gasteiger partial charge on any atom is -0.507 e. The maximum Gasteiger partial charge on any atom is 0.124 e. The van der Waals surface area contributed by atoms with Crippen molar-refractivity contribution in [2.45, 2.75) is 33.6 Å². The van der Waals surface area contributed by atoms with Crippen molar-refractivity contribution in [2.24, 2.45) is 10.9 Å². The summed E-state index contributed by atoms with van der Waals surface area (Å²) in [5.74, 6) is 1.04. The number of hydrogen-bond donors (Lipinski definition) is 1. The topological polar surface area (TPSA) is 32.6 Å². The summed E-state index contributed by atoms with van der Waals surface area (Å²) in [6.07, 6.45) is 3.62. The van der Waals surface area contributed by atoms with E-state index in [1.165, 1.54) is 5.56 Å². The van der Waals surface area contributed by atoms with Crippen LogP contribution in [-0.2, 0) is 0 Å². The lowest BCUT2D eigenvalue weighted by Crippen LogP contribution is -2.12. The van der Waals surface area contributed by atoms with E-state index in [0.717, 1.165) is 17.0 Å². The zero-order valence-electron chi connectivity index (χ0n) is 13.2. The standard InChI is InChI=1S/C19H23NO/c1-12(2)15-6-8-16(9-7-15)20-18-11-19(21)14(5)10-17(18)13(3)4/h6-13,21H,5H2,1-4H3/b20-18+. The van der Waals surface area contributed by atoms with Crippen LogP contribution in [0.2, 0.25) is 0 Å². The van der Waals surface area contributed by atoms with Crippen LogP contribution in [0.1, 0.15) is 39.2 Å². The molecule has 0 bridgehead atoms. The zero-order chi connectivity index (χ0) is 15.6. The van der Waals surface area contributed by atoms with Gasteiger partial charge in [-0.15, -0.1) is 0 Å². The van der Waals surface area contributed by atoms with Gasteiger partial charge in [0.25, 0.3) is 0 Å². The van der Waals surface area contributed by atoms with E-state index >= 15 is 0 Å². The smallest absolute Gasteiger partial charge is 0.124 e. The monoisotopic (exact) mass is 281 g/mol. The first-order valence-electron chi connectivity index (χ1n) is 7.39. The summed E-state index contributed by atoms with van der Waals surface area (Å²) in [6.45, 7) is 12.4. The lowest BCUT2D eigenvalue weighted by Gasteiger charge is -2.18. The second-order valence-electron chi connectivity index (χ2n) is 6.05. The maximum atomic E-state index is 9.88. The van der Waals surface area contributed by atoms with E-state index in [0.29, 0.717) is 17.4 Å². The highest BCUT2D eigenvalue weighted by Crippen LogP contribution is 2.26. The van der Waals surface area contributed by atoms with Crippen LogP contribution in [0.5, 0.6) is 0 Å². The number of aliphatic hydroxyl groups is 1. The third kappa shape index (κ3) is 3.52. The molecule has 1 aliphatic rings. The van der Waals surface area contributed by atoms with Crippen LogP contribution in [0.25, 0.3) is 0 Å². The van der Waals surface area contributed by atoms with E-state index in [1.54, 1.807) is 6.08 Å². The molecule has 2 rings (SSSR count). The summed E-state index contributed by atoms with van der Waals surface area (Å²) in [4.78, 5) is 4.68. The molecule has 1 aromatic carbocycles. The van der Waals surface area contributed by atoms with E-state index < -0.39 is 0 Å². The summed E-state index contributed by atoms with van der Waals surface area (Å²) in [5, 5.41) is 9.88. The van der Waals surface area contributed by atoms with Crippen molar-refractivity contribution in [2.75, 3.05) is 0 Å². The van der Waals surface area contributed by atoms with Gasteiger partial charge in [-0.25, -0.2) is 4.99 Å². The highest BCUT2D eigenvalue weighted by molar-refractivity contribution is 6.12. The number of benzene rings is 1. The fraction of sp³-hybridized carbons (Fsp3) is 0.316. The van der Waals surface area contributed by atoms with E-state index in [2.05, 4.69) is 51.4 Å². The van der Waals surface area contributed by atoms with Gasteiger partial charge in [-0.2, -0.15) is 0 Å². The maximum absolute atomic E-state index is 9.88. The Morgan fingerprint density at radius 3 is 2.10 bits per heavy atom. The van der Waals surface area contributed by atoms with Crippen molar-refractivity contribution in [3.05, 3.63) is 65.5 Å². The van der Waals surface area contributed by atoms with E-state index in [1.807, 2.05) is 18.2 Å². The Kier molecular flexibility index (Phi) is 4.46. The summed E-state index contributed by atoms with van der Waals surface area (Å²) in [5.41, 5.74) is 4.76. The van der Waals surface area contributed by atoms with Crippen LogP contribution >= 0.6 is 0 Å². The summed E-state index contributed by atoms with van der Waals surface area (Å²) < 4.78 is 0. The Bertz CT molecular complexity index is 628. The number of rotatable bonds is 3. The number of allylic oxidation sites excluding steroid dienone is 3. The number of aliphatic imine (C=N–C) groups is 1. The molecule has 0 atom stereocenters. The van der Waals surface area contributed by atoms with Gasteiger partial charge in [0.15, 0.2) is 0 Å². The van der Waals surface area contributed by atoms with Crippen molar-refractivity contribution in [3.63, 3.8) is 0 Å². The van der Waals surface area contributed by atoms with Gasteiger partial charge < -0.3 is 5.11 Å². The van der Waals surface area contributed by atoms with Crippen LogP contribution in [0.4, 0.5) is 5.69 Å². The first kappa shape index (κ1) is 15.3. The van der Waals surface area contributed by atoms with Gasteiger partial charge in [0.05, 0.1) is 11.4 Å². The van der Waals surface area contributed by atoms with Crippen molar-refractivity contribution in [3.8, 4) is 0 Å². The summed E-state index contributed by atoms with van der Waals surface area (Å²) >= 11 is 0. The second-order valence-corrected chi connectivity index (χ2v) is 6.05. The molecule has 0 aromatic heterocycles. The van der Waals surface area contributed by atoms with Gasteiger partial charge in [-0.05, 0) is 41.2 Å². The first-order chi connectivity index (χ1) is 9.88. The fourth-order valence-electron chi connectivity index (χ4n) is 2.27. The zero-order valence-corrected chi connectivity index (χ0v) is 13.2. The van der Waals surface area contributed by atoms with E-state index in [4.69, 9.17) is 0 Å². The molecule has 0 saturated heterocycles. The predicted molar refractivity (Wildman–Crippen MR) is 90.4 cm³/mol. The first-order valence-corrected chi connectivity index (χ1v) is 7.39. The molecule has 1 N–H and O–H groups in total. The highest BCUT2D eigenvalue weighted by atomic mass is 16.3. The molecule has 110 valence electrons. The average Bonchev–Trinajstić information content (AvgIpc) is 2.43. The van der Waals surface area contributed by atoms with Crippen LogP contribution in [0.15, 0.2) is 64.9 Å². The Hall–Kier alpha value is -2.09. The third-order valence-electron chi connectivity index (χ3n) is 3.66. The van der Waals surface area contributed by atoms with Crippen LogP contribution < -0.4 is 0 Å². The number of aliphatic hydroxyl groups excluding tert-OH is 1. The van der Waals surface area contributed by atoms with Gasteiger partial charge >= 0.3 is 0 Å². The van der Waals surface area contributed by atoms with Gasteiger partial charge in [-0.3, -0.25) is 0 Å². The molecule has 0 fully saturated rings. The second kappa shape index (κ2) is 6.13. The average molecular weight is 281 g/mol. The summed E-state index contributed by atoms with van der Waals surface area (Å²) in [7, 11) is 0. The Labute approximate surface area is 127 Å². The van der Waals surface area contributed by atoms with Crippen LogP contribution in [-0.4, -0.2) is 10.8 Å². The highest BCUT2D eigenvalue weighted by Gasteiger charge is 2.17. The molecule has 1 aliphatic carbocycles.